The van der Waals surface area contributed by atoms with Gasteiger partial charge >= 0.3 is 0 Å². The minimum atomic E-state index is -0.702. The third-order valence-corrected chi connectivity index (χ3v) is 9.19. The Morgan fingerprint density at radius 1 is 1.20 bits per heavy atom. The van der Waals surface area contributed by atoms with E-state index in [-0.39, 0.29) is 34.3 Å². The van der Waals surface area contributed by atoms with E-state index in [4.69, 9.17) is 5.73 Å². The first-order chi connectivity index (χ1) is 19.6. The van der Waals surface area contributed by atoms with Crippen LogP contribution in [-0.4, -0.2) is 27.6 Å². The van der Waals surface area contributed by atoms with Gasteiger partial charge in [-0.3, -0.25) is 14.5 Å². The lowest BCUT2D eigenvalue weighted by atomic mass is 9.69. The summed E-state index contributed by atoms with van der Waals surface area (Å²) < 4.78 is 14.3. The predicted octanol–water partition coefficient (Wildman–Crippen LogP) is 5.91. The number of allylic oxidation sites excluding steroid dienone is 3. The first-order valence-corrected chi connectivity index (χ1v) is 15.0. The van der Waals surface area contributed by atoms with E-state index in [1.54, 1.807) is 17.0 Å². The average molecular weight is 589 g/mol. The minimum absolute atomic E-state index is 0.0846. The third-order valence-electron chi connectivity index (χ3n) is 7.14. The number of aromatic nitrogens is 2. The maximum Gasteiger partial charge on any atom is 0.234 e. The number of aryl methyl sites for hydroxylation is 1. The molecule has 11 heteroatoms. The van der Waals surface area contributed by atoms with Crippen molar-refractivity contribution in [2.45, 2.75) is 50.3 Å². The summed E-state index contributed by atoms with van der Waals surface area (Å²) in [4.78, 5) is 27.8. The number of nitrogens with zero attached hydrogens (tertiary/aromatic N) is 4. The Bertz CT molecular complexity index is 1600. The maximum absolute atomic E-state index is 13.7. The van der Waals surface area contributed by atoms with Gasteiger partial charge in [0.05, 0.1) is 23.3 Å². The second kappa shape index (κ2) is 11.5. The van der Waals surface area contributed by atoms with E-state index in [1.165, 1.54) is 40.8 Å². The predicted molar refractivity (Wildman–Crippen MR) is 159 cm³/mol. The van der Waals surface area contributed by atoms with Crippen molar-refractivity contribution in [3.05, 3.63) is 88.1 Å². The van der Waals surface area contributed by atoms with Gasteiger partial charge in [0.25, 0.3) is 0 Å². The Balaban J connectivity index is 1.43. The molecule has 0 radical (unpaired) electrons. The summed E-state index contributed by atoms with van der Waals surface area (Å²) in [5.41, 5.74) is 10.2. The van der Waals surface area contributed by atoms with Crippen molar-refractivity contribution in [2.24, 2.45) is 11.1 Å². The van der Waals surface area contributed by atoms with Crippen molar-refractivity contribution in [3.8, 4) is 6.07 Å². The zero-order valence-electron chi connectivity index (χ0n) is 22.9. The van der Waals surface area contributed by atoms with Crippen LogP contribution in [0.2, 0.25) is 0 Å². The average Bonchev–Trinajstić information content (AvgIpc) is 3.40. The molecule has 1 aliphatic carbocycles. The van der Waals surface area contributed by atoms with Crippen LogP contribution in [0, 0.1) is 22.6 Å². The number of benzene rings is 2. The van der Waals surface area contributed by atoms with E-state index in [0.717, 1.165) is 12.1 Å². The molecule has 210 valence electrons. The van der Waals surface area contributed by atoms with Crippen LogP contribution in [-0.2, 0) is 16.0 Å². The number of nitrogens with two attached hydrogens (primary N) is 1. The molecule has 1 unspecified atom stereocenters. The number of anilines is 2. The molecule has 0 fully saturated rings. The summed E-state index contributed by atoms with van der Waals surface area (Å²) in [5.74, 6) is -1.08. The van der Waals surface area contributed by atoms with Crippen LogP contribution in [0.25, 0.3) is 0 Å². The number of nitrogens with one attached hydrogen (secondary N) is 1. The molecule has 2 heterocycles. The van der Waals surface area contributed by atoms with Crippen molar-refractivity contribution < 1.29 is 14.0 Å². The molecule has 2 aliphatic rings. The van der Waals surface area contributed by atoms with Crippen molar-refractivity contribution in [1.29, 1.82) is 5.26 Å². The molecular weight excluding hydrogens is 560 g/mol. The molecule has 0 saturated carbocycles. The van der Waals surface area contributed by atoms with Gasteiger partial charge in [-0.1, -0.05) is 68.1 Å². The molecular formula is C30H29FN6O2S2. The van der Waals surface area contributed by atoms with Crippen LogP contribution >= 0.6 is 23.1 Å². The topological polar surface area (TPSA) is 125 Å². The Morgan fingerprint density at radius 3 is 2.56 bits per heavy atom. The Labute approximate surface area is 246 Å². The molecule has 1 atom stereocenters. The molecule has 1 aromatic heterocycles. The van der Waals surface area contributed by atoms with Crippen molar-refractivity contribution in [3.63, 3.8) is 0 Å². The highest BCUT2D eigenvalue weighted by Gasteiger charge is 2.45. The molecule has 3 aromatic rings. The third kappa shape index (κ3) is 5.89. The molecule has 1 aliphatic heterocycles. The van der Waals surface area contributed by atoms with E-state index in [2.05, 4.69) is 28.5 Å². The maximum atomic E-state index is 13.7. The highest BCUT2D eigenvalue weighted by atomic mass is 32.2. The summed E-state index contributed by atoms with van der Waals surface area (Å²) in [7, 11) is 0. The molecule has 3 N–H and O–H groups in total. The zero-order chi connectivity index (χ0) is 29.3. The van der Waals surface area contributed by atoms with Gasteiger partial charge in [0.1, 0.15) is 11.6 Å². The SMILES string of the molecule is CCc1ccc(NC(=O)CSc2nnc(N3C(N)=C(C#N)C(c4ccc(F)cc4)C4=C3CC(C)(C)CC4=O)s2)cc1. The highest BCUT2D eigenvalue weighted by molar-refractivity contribution is 8.01. The number of nitriles is 1. The number of hydrogen-bond donors (Lipinski definition) is 2. The molecule has 8 nitrogen and oxygen atoms in total. The lowest BCUT2D eigenvalue weighted by Gasteiger charge is -2.42. The monoisotopic (exact) mass is 588 g/mol. The van der Waals surface area contributed by atoms with Gasteiger partial charge in [0, 0.05) is 23.4 Å². The van der Waals surface area contributed by atoms with Crippen molar-refractivity contribution in [1.82, 2.24) is 10.2 Å². The van der Waals surface area contributed by atoms with Gasteiger partial charge in [0.15, 0.2) is 10.1 Å². The summed E-state index contributed by atoms with van der Waals surface area (Å²) in [6.45, 7) is 6.09. The van der Waals surface area contributed by atoms with Crippen LogP contribution in [0.5, 0.6) is 0 Å². The van der Waals surface area contributed by atoms with Gasteiger partial charge in [-0.25, -0.2) is 4.39 Å². The van der Waals surface area contributed by atoms with Gasteiger partial charge < -0.3 is 11.1 Å². The number of hydrogen-bond acceptors (Lipinski definition) is 9. The smallest absolute Gasteiger partial charge is 0.234 e. The molecule has 0 saturated heterocycles. The number of carbonyl (C=O) groups is 2. The number of Topliss-reactive ketones (excluding diaryl/α,β-unsaturated/α-hetero) is 1. The van der Waals surface area contributed by atoms with E-state index >= 15 is 0 Å². The molecule has 0 spiro atoms. The Kier molecular flexibility index (Phi) is 7.98. The number of ketones is 1. The minimum Gasteiger partial charge on any atom is -0.384 e. The molecule has 5 rings (SSSR count). The Hall–Kier alpha value is -4.01. The van der Waals surface area contributed by atoms with E-state index in [0.29, 0.717) is 39.1 Å². The lowest BCUT2D eigenvalue weighted by Crippen LogP contribution is -2.42. The summed E-state index contributed by atoms with van der Waals surface area (Å²) >= 11 is 2.48. The normalized spacial score (nSPS) is 18.3. The van der Waals surface area contributed by atoms with E-state index in [1.807, 2.05) is 38.1 Å². The van der Waals surface area contributed by atoms with Gasteiger partial charge in [-0.2, -0.15) is 5.26 Å². The fourth-order valence-corrected chi connectivity index (χ4v) is 6.90. The van der Waals surface area contributed by atoms with Crippen molar-refractivity contribution in [2.75, 3.05) is 16.0 Å². The second-order valence-electron chi connectivity index (χ2n) is 10.8. The highest BCUT2D eigenvalue weighted by Crippen LogP contribution is 2.50. The van der Waals surface area contributed by atoms with Crippen LogP contribution < -0.4 is 16.0 Å². The Morgan fingerprint density at radius 2 is 1.90 bits per heavy atom. The van der Waals surface area contributed by atoms with E-state index < -0.39 is 11.7 Å². The number of thioether (sulfide) groups is 1. The van der Waals surface area contributed by atoms with Gasteiger partial charge in [0.2, 0.25) is 11.0 Å². The first kappa shape index (κ1) is 28.5. The van der Waals surface area contributed by atoms with Crippen LogP contribution in [0.4, 0.5) is 15.2 Å². The first-order valence-electron chi connectivity index (χ1n) is 13.2. The largest absolute Gasteiger partial charge is 0.384 e. The number of rotatable bonds is 7. The van der Waals surface area contributed by atoms with Crippen molar-refractivity contribution >= 4 is 45.6 Å². The fourth-order valence-electron chi connectivity index (χ4n) is 5.22. The zero-order valence-corrected chi connectivity index (χ0v) is 24.5. The molecule has 2 aromatic carbocycles. The van der Waals surface area contributed by atoms with Crippen LogP contribution in [0.1, 0.15) is 50.7 Å². The lowest BCUT2D eigenvalue weighted by molar-refractivity contribution is -0.118. The van der Waals surface area contributed by atoms with Gasteiger partial charge in [-0.05, 0) is 53.6 Å². The number of carbonyl (C=O) groups excluding carboxylic acids is 2. The summed E-state index contributed by atoms with van der Waals surface area (Å²) in [6, 6.07) is 15.7. The summed E-state index contributed by atoms with van der Waals surface area (Å²) in [6.07, 6.45) is 1.75. The van der Waals surface area contributed by atoms with Crippen LogP contribution in [0.3, 0.4) is 0 Å². The van der Waals surface area contributed by atoms with Gasteiger partial charge in [-0.15, -0.1) is 10.2 Å². The molecule has 0 bridgehead atoms. The number of halogens is 1. The van der Waals surface area contributed by atoms with E-state index in [9.17, 15) is 19.2 Å². The second-order valence-corrected chi connectivity index (χ2v) is 12.9. The number of amides is 1. The molecule has 41 heavy (non-hydrogen) atoms. The molecule has 1 amide bonds. The van der Waals surface area contributed by atoms with Crippen LogP contribution in [0.15, 0.2) is 75.5 Å². The fraction of sp³-hybridized carbons (Fsp3) is 0.300. The quantitative estimate of drug-likeness (QED) is 0.326. The summed E-state index contributed by atoms with van der Waals surface area (Å²) in [5, 5.41) is 22.1. The standard InChI is InChI=1S/C30H29FN6O2S2/c1-4-17-5-11-20(12-6-17)34-24(39)16-40-29-36-35-28(41-29)37-22-13-30(2,3)14-23(38)26(22)25(21(15-32)27(37)33)18-7-9-19(31)10-8-18/h5-12,25H,4,13-14,16,33H2,1-3H3,(H,34,39).